The smallest absolute Gasteiger partial charge is 0.141 e. The zero-order valence-corrected chi connectivity index (χ0v) is 11.1. The fourth-order valence-corrected chi connectivity index (χ4v) is 2.63. The molecule has 20 heavy (non-hydrogen) atoms. The van der Waals surface area contributed by atoms with Gasteiger partial charge < -0.3 is 10.5 Å². The summed E-state index contributed by atoms with van der Waals surface area (Å²) in [5, 5.41) is 0. The molecule has 1 aliphatic heterocycles. The molecule has 4 heteroatoms. The molecule has 2 aromatic rings. The zero-order valence-electron chi connectivity index (χ0n) is 11.1. The lowest BCUT2D eigenvalue weighted by Crippen LogP contribution is -2.22. The highest BCUT2D eigenvalue weighted by Gasteiger charge is 2.23. The first-order valence-corrected chi connectivity index (χ1v) is 6.80. The predicted octanol–water partition coefficient (Wildman–Crippen LogP) is 2.92. The zero-order chi connectivity index (χ0) is 13.9. The van der Waals surface area contributed by atoms with Gasteiger partial charge in [0, 0.05) is 6.04 Å². The summed E-state index contributed by atoms with van der Waals surface area (Å²) >= 11 is 0. The Balaban J connectivity index is 1.77. The molecular formula is C16H17FN2O. The Hall–Kier alpha value is -1.78. The van der Waals surface area contributed by atoms with Gasteiger partial charge in [-0.1, -0.05) is 24.3 Å². The van der Waals surface area contributed by atoms with Crippen LogP contribution in [-0.4, -0.2) is 11.6 Å². The molecule has 0 bridgehead atoms. The molecule has 0 aliphatic carbocycles. The van der Waals surface area contributed by atoms with Crippen molar-refractivity contribution in [2.75, 3.05) is 6.61 Å². The molecule has 3 rings (SSSR count). The normalized spacial score (nSPS) is 19.4. The number of nitrogens with two attached hydrogens (primary N) is 1. The van der Waals surface area contributed by atoms with Crippen molar-refractivity contribution in [1.29, 1.82) is 0 Å². The van der Waals surface area contributed by atoms with Crippen LogP contribution in [0.3, 0.4) is 0 Å². The Bertz CT molecular complexity index is 585. The minimum absolute atomic E-state index is 0.0122. The third-order valence-electron chi connectivity index (χ3n) is 3.69. The Kier molecular flexibility index (Phi) is 3.76. The van der Waals surface area contributed by atoms with Crippen molar-refractivity contribution in [3.05, 3.63) is 65.2 Å². The van der Waals surface area contributed by atoms with Gasteiger partial charge in [0.2, 0.25) is 0 Å². The van der Waals surface area contributed by atoms with Crippen LogP contribution in [0.15, 0.2) is 42.6 Å². The molecule has 2 atom stereocenters. The van der Waals surface area contributed by atoms with E-state index in [0.29, 0.717) is 18.7 Å². The summed E-state index contributed by atoms with van der Waals surface area (Å²) in [4.78, 5) is 4.04. The molecule has 0 saturated heterocycles. The Labute approximate surface area is 117 Å². The second-order valence-corrected chi connectivity index (χ2v) is 5.05. The average molecular weight is 272 g/mol. The quantitative estimate of drug-likeness (QED) is 0.934. The van der Waals surface area contributed by atoms with Crippen molar-refractivity contribution in [2.45, 2.75) is 25.0 Å². The molecular weight excluding hydrogens is 255 g/mol. The maximum absolute atomic E-state index is 12.9. The fraction of sp³-hybridized carbons (Fsp3) is 0.312. The van der Waals surface area contributed by atoms with Crippen LogP contribution in [0, 0.1) is 5.82 Å². The van der Waals surface area contributed by atoms with Gasteiger partial charge in [-0.3, -0.25) is 4.98 Å². The van der Waals surface area contributed by atoms with Gasteiger partial charge in [-0.05, 0) is 36.1 Å². The summed E-state index contributed by atoms with van der Waals surface area (Å²) in [5.74, 6) is -0.347. The second kappa shape index (κ2) is 5.69. The van der Waals surface area contributed by atoms with Gasteiger partial charge in [-0.2, -0.15) is 0 Å². The maximum atomic E-state index is 12.9. The third-order valence-corrected chi connectivity index (χ3v) is 3.69. The Morgan fingerprint density at radius 3 is 2.95 bits per heavy atom. The number of ether oxygens (including phenoxy) is 1. The van der Waals surface area contributed by atoms with E-state index in [0.717, 1.165) is 6.42 Å². The average Bonchev–Trinajstić information content (AvgIpc) is 2.48. The summed E-state index contributed by atoms with van der Waals surface area (Å²) in [6.45, 7) is 0.714. The molecule has 1 aliphatic rings. The minimum Gasteiger partial charge on any atom is -0.373 e. The van der Waals surface area contributed by atoms with Gasteiger partial charge in [0.15, 0.2) is 0 Å². The fourth-order valence-electron chi connectivity index (χ4n) is 2.63. The van der Waals surface area contributed by atoms with E-state index in [2.05, 4.69) is 17.1 Å². The van der Waals surface area contributed by atoms with Gasteiger partial charge in [0.05, 0.1) is 24.6 Å². The van der Waals surface area contributed by atoms with Crippen molar-refractivity contribution in [1.82, 2.24) is 4.98 Å². The minimum atomic E-state index is -0.347. The van der Waals surface area contributed by atoms with Crippen LogP contribution < -0.4 is 5.73 Å². The van der Waals surface area contributed by atoms with Crippen LogP contribution in [0.25, 0.3) is 0 Å². The topological polar surface area (TPSA) is 48.1 Å². The van der Waals surface area contributed by atoms with Crippen molar-refractivity contribution in [3.8, 4) is 0 Å². The van der Waals surface area contributed by atoms with E-state index in [-0.39, 0.29) is 18.0 Å². The molecule has 0 saturated carbocycles. The van der Waals surface area contributed by atoms with Gasteiger partial charge in [0.25, 0.3) is 0 Å². The number of nitrogens with zero attached hydrogens (tertiary/aromatic N) is 1. The predicted molar refractivity (Wildman–Crippen MR) is 74.6 cm³/mol. The first-order chi connectivity index (χ1) is 9.74. The van der Waals surface area contributed by atoms with E-state index in [1.165, 1.54) is 23.4 Å². The Morgan fingerprint density at radius 2 is 2.15 bits per heavy atom. The van der Waals surface area contributed by atoms with Gasteiger partial charge in [-0.25, -0.2) is 4.39 Å². The molecule has 3 nitrogen and oxygen atoms in total. The second-order valence-electron chi connectivity index (χ2n) is 5.05. The van der Waals surface area contributed by atoms with Gasteiger partial charge in [-0.15, -0.1) is 0 Å². The summed E-state index contributed by atoms with van der Waals surface area (Å²) in [5.41, 5.74) is 9.39. The van der Waals surface area contributed by atoms with Gasteiger partial charge in [0.1, 0.15) is 5.82 Å². The van der Waals surface area contributed by atoms with Crippen LogP contribution in [0.2, 0.25) is 0 Å². The Morgan fingerprint density at radius 1 is 1.30 bits per heavy atom. The molecule has 0 amide bonds. The first kappa shape index (κ1) is 13.2. The van der Waals surface area contributed by atoms with E-state index in [1.807, 2.05) is 12.1 Å². The van der Waals surface area contributed by atoms with E-state index >= 15 is 0 Å². The number of halogens is 1. The molecule has 104 valence electrons. The lowest BCUT2D eigenvalue weighted by atomic mass is 9.93. The van der Waals surface area contributed by atoms with Crippen molar-refractivity contribution in [2.24, 2.45) is 5.73 Å². The lowest BCUT2D eigenvalue weighted by Gasteiger charge is -2.28. The molecule has 0 radical (unpaired) electrons. The highest BCUT2D eigenvalue weighted by Crippen LogP contribution is 2.32. The summed E-state index contributed by atoms with van der Waals surface area (Å²) < 4.78 is 18.7. The van der Waals surface area contributed by atoms with Crippen LogP contribution in [0.4, 0.5) is 4.39 Å². The first-order valence-electron chi connectivity index (χ1n) is 6.80. The van der Waals surface area contributed by atoms with Crippen LogP contribution in [0.5, 0.6) is 0 Å². The van der Waals surface area contributed by atoms with Gasteiger partial charge >= 0.3 is 0 Å². The maximum Gasteiger partial charge on any atom is 0.141 e. The van der Waals surface area contributed by atoms with E-state index < -0.39 is 0 Å². The number of hydrogen-bond acceptors (Lipinski definition) is 3. The number of pyridine rings is 1. The number of aromatic nitrogens is 1. The standard InChI is InChI=1S/C16H17FN2O/c17-12-5-6-15(19-10-12)14(18)9-16-13-4-2-1-3-11(13)7-8-20-16/h1-6,10,14,16H,7-9,18H2. The third kappa shape index (κ3) is 2.71. The largest absolute Gasteiger partial charge is 0.373 e. The number of benzene rings is 1. The molecule has 0 spiro atoms. The van der Waals surface area contributed by atoms with Crippen LogP contribution in [0.1, 0.15) is 35.4 Å². The summed E-state index contributed by atoms with van der Waals surface area (Å²) in [7, 11) is 0. The molecule has 1 aromatic carbocycles. The monoisotopic (exact) mass is 272 g/mol. The summed E-state index contributed by atoms with van der Waals surface area (Å²) in [6.07, 6.45) is 2.78. The molecule has 2 heterocycles. The highest BCUT2D eigenvalue weighted by atomic mass is 19.1. The number of fused-ring (bicyclic) bond motifs is 1. The highest BCUT2D eigenvalue weighted by molar-refractivity contribution is 5.31. The number of rotatable bonds is 3. The van der Waals surface area contributed by atoms with Crippen molar-refractivity contribution in [3.63, 3.8) is 0 Å². The summed E-state index contributed by atoms with van der Waals surface area (Å²) in [6, 6.07) is 11.0. The van der Waals surface area contributed by atoms with Crippen LogP contribution in [-0.2, 0) is 11.2 Å². The molecule has 2 unspecified atom stereocenters. The number of hydrogen-bond donors (Lipinski definition) is 1. The van der Waals surface area contributed by atoms with Crippen molar-refractivity contribution >= 4 is 0 Å². The van der Waals surface area contributed by atoms with E-state index in [9.17, 15) is 4.39 Å². The van der Waals surface area contributed by atoms with Crippen LogP contribution >= 0.6 is 0 Å². The van der Waals surface area contributed by atoms with E-state index in [1.54, 1.807) is 6.07 Å². The molecule has 0 fully saturated rings. The van der Waals surface area contributed by atoms with Crippen molar-refractivity contribution < 1.29 is 9.13 Å². The molecule has 2 N–H and O–H groups in total. The molecule has 1 aromatic heterocycles. The SMILES string of the molecule is NC(CC1OCCc2ccccc21)c1ccc(F)cn1. The lowest BCUT2D eigenvalue weighted by molar-refractivity contribution is 0.0317. The van der Waals surface area contributed by atoms with E-state index in [4.69, 9.17) is 10.5 Å².